The predicted molar refractivity (Wildman–Crippen MR) is 88.6 cm³/mol. The van der Waals surface area contributed by atoms with Crippen molar-refractivity contribution in [3.05, 3.63) is 35.4 Å². The molecule has 0 heterocycles. The lowest BCUT2D eigenvalue weighted by molar-refractivity contribution is -0.115. The summed E-state index contributed by atoms with van der Waals surface area (Å²) < 4.78 is 0. The summed E-state index contributed by atoms with van der Waals surface area (Å²) in [4.78, 5) is 9.22. The highest BCUT2D eigenvalue weighted by molar-refractivity contribution is 5.70. The highest BCUT2D eigenvalue weighted by Crippen LogP contribution is 2.03. The minimum absolute atomic E-state index is 0.333. The molecule has 1 aromatic rings. The number of carbonyl (C=O) groups excluding carboxylic acids is 1. The zero-order valence-corrected chi connectivity index (χ0v) is 13.8. The summed E-state index contributed by atoms with van der Waals surface area (Å²) in [7, 11) is 0. The molecule has 0 fully saturated rings. The molecule has 0 saturated carbocycles. The maximum atomic E-state index is 9.22. The SMILES string of the molecule is CC(N)=O.CCCC(C)C.Cc1cccc(CCN)c1. The molecule has 3 heteroatoms. The van der Waals surface area contributed by atoms with E-state index in [0.717, 1.165) is 18.9 Å². The Hall–Kier alpha value is -1.35. The second kappa shape index (κ2) is 14.1. The van der Waals surface area contributed by atoms with E-state index in [1.54, 1.807) is 0 Å². The molecule has 0 aliphatic heterocycles. The number of amides is 1. The quantitative estimate of drug-likeness (QED) is 0.887. The molecule has 1 amide bonds. The van der Waals surface area contributed by atoms with Crippen molar-refractivity contribution in [3.8, 4) is 0 Å². The zero-order valence-electron chi connectivity index (χ0n) is 13.8. The molecule has 20 heavy (non-hydrogen) atoms. The average Bonchev–Trinajstić information content (AvgIpc) is 2.29. The van der Waals surface area contributed by atoms with Crippen LogP contribution in [0.15, 0.2) is 24.3 Å². The Kier molecular flexibility index (Phi) is 14.7. The fraction of sp³-hybridized carbons (Fsp3) is 0.588. The van der Waals surface area contributed by atoms with Gasteiger partial charge in [0, 0.05) is 6.92 Å². The first-order valence-electron chi connectivity index (χ1n) is 7.35. The third-order valence-corrected chi connectivity index (χ3v) is 2.38. The van der Waals surface area contributed by atoms with Crippen molar-refractivity contribution in [1.82, 2.24) is 0 Å². The van der Waals surface area contributed by atoms with Crippen LogP contribution in [0, 0.1) is 12.8 Å². The van der Waals surface area contributed by atoms with Crippen molar-refractivity contribution in [2.45, 2.75) is 53.9 Å². The second-order valence-electron chi connectivity index (χ2n) is 5.32. The van der Waals surface area contributed by atoms with E-state index in [1.807, 2.05) is 0 Å². The van der Waals surface area contributed by atoms with Crippen molar-refractivity contribution in [2.75, 3.05) is 6.54 Å². The molecule has 0 unspecified atom stereocenters. The van der Waals surface area contributed by atoms with Crippen LogP contribution in [-0.4, -0.2) is 12.5 Å². The topological polar surface area (TPSA) is 69.1 Å². The van der Waals surface area contributed by atoms with E-state index < -0.39 is 0 Å². The molecule has 0 aliphatic rings. The van der Waals surface area contributed by atoms with Gasteiger partial charge in [-0.05, 0) is 31.4 Å². The van der Waals surface area contributed by atoms with Crippen molar-refractivity contribution >= 4 is 5.91 Å². The molecule has 1 aromatic carbocycles. The minimum atomic E-state index is -0.333. The summed E-state index contributed by atoms with van der Waals surface area (Å²) in [6.07, 6.45) is 3.69. The fourth-order valence-corrected chi connectivity index (χ4v) is 1.61. The summed E-state index contributed by atoms with van der Waals surface area (Å²) in [6, 6.07) is 8.45. The van der Waals surface area contributed by atoms with Crippen LogP contribution in [0.1, 0.15) is 51.7 Å². The molecule has 116 valence electrons. The Morgan fingerprint density at radius 2 is 1.85 bits per heavy atom. The molecule has 0 aromatic heterocycles. The van der Waals surface area contributed by atoms with Gasteiger partial charge in [0.05, 0.1) is 0 Å². The molecule has 1 rings (SSSR count). The molecule has 0 saturated heterocycles. The van der Waals surface area contributed by atoms with Crippen LogP contribution in [0.25, 0.3) is 0 Å². The van der Waals surface area contributed by atoms with E-state index in [2.05, 4.69) is 57.7 Å². The van der Waals surface area contributed by atoms with E-state index >= 15 is 0 Å². The monoisotopic (exact) mass is 280 g/mol. The molecule has 0 atom stereocenters. The Balaban J connectivity index is 0. The summed E-state index contributed by atoms with van der Waals surface area (Å²) in [5.41, 5.74) is 12.5. The number of aryl methyl sites for hydroxylation is 1. The molecule has 0 bridgehead atoms. The number of nitrogens with two attached hydrogens (primary N) is 2. The van der Waals surface area contributed by atoms with Crippen LogP contribution >= 0.6 is 0 Å². The van der Waals surface area contributed by atoms with Gasteiger partial charge in [0.25, 0.3) is 0 Å². The summed E-state index contributed by atoms with van der Waals surface area (Å²) in [5, 5.41) is 0. The van der Waals surface area contributed by atoms with Crippen molar-refractivity contribution in [1.29, 1.82) is 0 Å². The van der Waals surface area contributed by atoms with E-state index in [1.165, 1.54) is 30.9 Å². The van der Waals surface area contributed by atoms with E-state index in [9.17, 15) is 4.79 Å². The highest BCUT2D eigenvalue weighted by Gasteiger charge is 1.89. The Bertz CT molecular complexity index is 345. The van der Waals surface area contributed by atoms with Gasteiger partial charge in [0.2, 0.25) is 5.91 Å². The second-order valence-corrected chi connectivity index (χ2v) is 5.32. The minimum Gasteiger partial charge on any atom is -0.370 e. The Morgan fingerprint density at radius 1 is 1.30 bits per heavy atom. The average molecular weight is 280 g/mol. The van der Waals surface area contributed by atoms with Gasteiger partial charge in [-0.2, -0.15) is 0 Å². The van der Waals surface area contributed by atoms with Gasteiger partial charge < -0.3 is 11.5 Å². The summed E-state index contributed by atoms with van der Waals surface area (Å²) >= 11 is 0. The van der Waals surface area contributed by atoms with Gasteiger partial charge in [-0.25, -0.2) is 0 Å². The van der Waals surface area contributed by atoms with E-state index in [4.69, 9.17) is 5.73 Å². The number of rotatable bonds is 4. The largest absolute Gasteiger partial charge is 0.370 e. The van der Waals surface area contributed by atoms with Crippen LogP contribution < -0.4 is 11.5 Å². The van der Waals surface area contributed by atoms with Crippen LogP contribution in [0.5, 0.6) is 0 Å². The van der Waals surface area contributed by atoms with Crippen LogP contribution in [-0.2, 0) is 11.2 Å². The van der Waals surface area contributed by atoms with Gasteiger partial charge in [0.15, 0.2) is 0 Å². The molecule has 0 aliphatic carbocycles. The maximum absolute atomic E-state index is 9.22. The van der Waals surface area contributed by atoms with Crippen molar-refractivity contribution in [3.63, 3.8) is 0 Å². The first-order valence-corrected chi connectivity index (χ1v) is 7.35. The molecular formula is C17H32N2O. The van der Waals surface area contributed by atoms with Gasteiger partial charge in [-0.15, -0.1) is 0 Å². The van der Waals surface area contributed by atoms with E-state index in [0.29, 0.717) is 0 Å². The number of primary amides is 1. The van der Waals surface area contributed by atoms with Crippen LogP contribution in [0.3, 0.4) is 0 Å². The smallest absolute Gasteiger partial charge is 0.214 e. The van der Waals surface area contributed by atoms with Crippen molar-refractivity contribution < 1.29 is 4.79 Å². The third-order valence-electron chi connectivity index (χ3n) is 2.38. The Labute approximate surface area is 124 Å². The van der Waals surface area contributed by atoms with Crippen molar-refractivity contribution in [2.24, 2.45) is 17.4 Å². The van der Waals surface area contributed by atoms with Gasteiger partial charge in [-0.1, -0.05) is 63.4 Å². The lowest BCUT2D eigenvalue weighted by atomic mass is 10.1. The lowest BCUT2D eigenvalue weighted by Gasteiger charge is -1.98. The number of benzene rings is 1. The number of carbonyl (C=O) groups is 1. The first kappa shape index (κ1) is 21.0. The standard InChI is InChI=1S/C9H13N.C6H14.C2H5NO/c1-8-3-2-4-9(7-8)5-6-10;1-4-5-6(2)3;1-2(3)4/h2-4,7H,5-6,10H2,1H3;6H,4-5H2,1-3H3;1H3,(H2,3,4). The predicted octanol–water partition coefficient (Wildman–Crippen LogP) is 3.43. The highest BCUT2D eigenvalue weighted by atomic mass is 16.1. The normalized spacial score (nSPS) is 9.15. The zero-order chi connectivity index (χ0) is 16.0. The molecule has 0 radical (unpaired) electrons. The number of hydrogen-bond donors (Lipinski definition) is 2. The van der Waals surface area contributed by atoms with E-state index in [-0.39, 0.29) is 5.91 Å². The van der Waals surface area contributed by atoms with Gasteiger partial charge >= 0.3 is 0 Å². The number of hydrogen-bond acceptors (Lipinski definition) is 2. The molecule has 4 N–H and O–H groups in total. The maximum Gasteiger partial charge on any atom is 0.214 e. The molecule has 3 nitrogen and oxygen atoms in total. The molecular weight excluding hydrogens is 248 g/mol. The lowest BCUT2D eigenvalue weighted by Crippen LogP contribution is -2.02. The van der Waals surface area contributed by atoms with Gasteiger partial charge in [0.1, 0.15) is 0 Å². The molecule has 0 spiro atoms. The summed E-state index contributed by atoms with van der Waals surface area (Å²) in [6.45, 7) is 10.9. The Morgan fingerprint density at radius 3 is 2.15 bits per heavy atom. The van der Waals surface area contributed by atoms with Crippen LogP contribution in [0.4, 0.5) is 0 Å². The first-order chi connectivity index (χ1) is 9.33. The van der Waals surface area contributed by atoms with Crippen LogP contribution in [0.2, 0.25) is 0 Å². The summed E-state index contributed by atoms with van der Waals surface area (Å²) in [5.74, 6) is 0.565. The third kappa shape index (κ3) is 19.0. The van der Waals surface area contributed by atoms with Gasteiger partial charge in [-0.3, -0.25) is 4.79 Å². The fourth-order valence-electron chi connectivity index (χ4n) is 1.61.